The number of hydrogen-bond donors (Lipinski definition) is 0. The standard InChI is InChI=1S/C60H32F2/c61-59-50(35-19-9-3-10-20-35)56-41-26-14-25-40-52(41)45(58(56)51(60(59)62)36-21-11-4-12-22-36)32-44-47(33-15-5-1-6-16-33)57-43-31-39-24-13-23-37-27-28-38-29-30-42(54(43)48(38)46(37)39)55(57)49(53(40)44)34-17-7-2-8-18-34/h1-32H. The first-order chi connectivity index (χ1) is 30.7. The molecule has 0 saturated heterocycles. The number of hydrogen-bond acceptors (Lipinski definition) is 0. The van der Waals surface area contributed by atoms with Gasteiger partial charge in [0, 0.05) is 21.9 Å². The largest absolute Gasteiger partial charge is 0.203 e. The fourth-order valence-electron chi connectivity index (χ4n) is 11.4. The topological polar surface area (TPSA) is 0 Å². The van der Waals surface area contributed by atoms with Crippen LogP contribution in [-0.2, 0) is 0 Å². The van der Waals surface area contributed by atoms with Gasteiger partial charge in [-0.2, -0.15) is 0 Å². The van der Waals surface area contributed by atoms with E-state index in [1.165, 1.54) is 59.4 Å². The van der Waals surface area contributed by atoms with Crippen LogP contribution in [0.2, 0.25) is 0 Å². The molecule has 0 aliphatic carbocycles. The summed E-state index contributed by atoms with van der Waals surface area (Å²) in [6, 6.07) is 67.5. The molecule has 0 bridgehead atoms. The van der Waals surface area contributed by atoms with Gasteiger partial charge in [-0.1, -0.05) is 182 Å². The summed E-state index contributed by atoms with van der Waals surface area (Å²) < 4.78 is 34.5. The molecule has 0 fully saturated rings. The number of benzene rings is 12. The zero-order valence-electron chi connectivity index (χ0n) is 33.2. The molecular weight excluding hydrogens is 759 g/mol. The zero-order chi connectivity index (χ0) is 40.8. The molecule has 2 heteroatoms. The molecule has 286 valence electrons. The molecule has 0 spiro atoms. The normalized spacial score (nSPS) is 12.4. The van der Waals surface area contributed by atoms with Crippen molar-refractivity contribution in [3.63, 3.8) is 0 Å². The van der Waals surface area contributed by atoms with Crippen molar-refractivity contribution in [1.29, 1.82) is 0 Å². The maximum Gasteiger partial charge on any atom is 0.167 e. The minimum Gasteiger partial charge on any atom is -0.203 e. The summed E-state index contributed by atoms with van der Waals surface area (Å²) in [6.45, 7) is 0. The van der Waals surface area contributed by atoms with Crippen molar-refractivity contribution in [1.82, 2.24) is 0 Å². The molecule has 14 aromatic rings. The van der Waals surface area contributed by atoms with Gasteiger partial charge in [-0.3, -0.25) is 0 Å². The van der Waals surface area contributed by atoms with Gasteiger partial charge < -0.3 is 0 Å². The molecule has 0 aliphatic heterocycles. The summed E-state index contributed by atoms with van der Waals surface area (Å²) in [5.74, 6) is -1.67. The molecule has 0 radical (unpaired) electrons. The molecular formula is C60H32F2. The van der Waals surface area contributed by atoms with E-state index in [9.17, 15) is 0 Å². The maximum atomic E-state index is 17.3. The van der Waals surface area contributed by atoms with Crippen molar-refractivity contribution in [2.24, 2.45) is 0 Å². The average Bonchev–Trinajstić information content (AvgIpc) is 3.83. The predicted molar refractivity (Wildman–Crippen MR) is 259 cm³/mol. The van der Waals surface area contributed by atoms with Gasteiger partial charge in [0.05, 0.1) is 0 Å². The highest BCUT2D eigenvalue weighted by molar-refractivity contribution is 6.48. The molecule has 0 heterocycles. The second-order valence-electron chi connectivity index (χ2n) is 16.8. The lowest BCUT2D eigenvalue weighted by atomic mass is 9.83. The molecule has 0 atom stereocenters. The van der Waals surface area contributed by atoms with Gasteiger partial charge in [-0.05, 0) is 132 Å². The highest BCUT2D eigenvalue weighted by atomic mass is 19.2. The second kappa shape index (κ2) is 12.3. The molecule has 0 N–H and O–H groups in total. The van der Waals surface area contributed by atoms with Gasteiger partial charge in [-0.15, -0.1) is 0 Å². The van der Waals surface area contributed by atoms with Crippen molar-refractivity contribution in [2.45, 2.75) is 0 Å². The first-order valence-electron chi connectivity index (χ1n) is 21.2. The number of halogens is 2. The minimum absolute atomic E-state index is 0.287. The summed E-state index contributed by atoms with van der Waals surface area (Å²) in [4.78, 5) is 0. The Hall–Kier alpha value is -7.94. The lowest BCUT2D eigenvalue weighted by molar-refractivity contribution is 0.516. The Kier molecular flexibility index (Phi) is 6.72. The van der Waals surface area contributed by atoms with Crippen LogP contribution >= 0.6 is 0 Å². The van der Waals surface area contributed by atoms with E-state index in [-0.39, 0.29) is 11.1 Å². The van der Waals surface area contributed by atoms with Crippen LogP contribution in [0.15, 0.2) is 194 Å². The quantitative estimate of drug-likeness (QED) is 0.156. The minimum atomic E-state index is -0.836. The Bertz CT molecular complexity index is 4120. The van der Waals surface area contributed by atoms with E-state index in [2.05, 4.69) is 133 Å². The Morgan fingerprint density at radius 3 is 1.24 bits per heavy atom. The zero-order valence-corrected chi connectivity index (χ0v) is 33.2. The van der Waals surface area contributed by atoms with Crippen molar-refractivity contribution in [3.8, 4) is 44.5 Å². The van der Waals surface area contributed by atoms with Gasteiger partial charge >= 0.3 is 0 Å². The third-order valence-electron chi connectivity index (χ3n) is 13.8. The van der Waals surface area contributed by atoms with Gasteiger partial charge in [0.1, 0.15) is 0 Å². The van der Waals surface area contributed by atoms with Crippen LogP contribution in [0.25, 0.3) is 141 Å². The SMILES string of the molecule is Fc1c(F)c(-c2ccccc2)c2c3cc4c(-c5ccccc5)c5c6cc7cccc8ccc9ccc(c5c(-c5ccccc5)c4c4cccc(c2c1-c1ccccc1)c43)c6c9c87. The van der Waals surface area contributed by atoms with E-state index in [1.54, 1.807) is 0 Å². The molecule has 0 aromatic heterocycles. The van der Waals surface area contributed by atoms with E-state index < -0.39 is 11.6 Å². The Morgan fingerprint density at radius 1 is 0.210 bits per heavy atom. The highest BCUT2D eigenvalue weighted by Gasteiger charge is 2.31. The third-order valence-corrected chi connectivity index (χ3v) is 13.8. The average molecular weight is 791 g/mol. The first kappa shape index (κ1) is 33.8. The monoisotopic (exact) mass is 790 g/mol. The van der Waals surface area contributed by atoms with Crippen LogP contribution < -0.4 is 0 Å². The number of rotatable bonds is 4. The molecule has 14 aromatic carbocycles. The van der Waals surface area contributed by atoms with Gasteiger partial charge in [-0.25, -0.2) is 8.78 Å². The smallest absolute Gasteiger partial charge is 0.167 e. The summed E-state index contributed by atoms with van der Waals surface area (Å²) in [6.07, 6.45) is 0. The first-order valence-corrected chi connectivity index (χ1v) is 21.2. The maximum absolute atomic E-state index is 17.3. The summed E-state index contributed by atoms with van der Waals surface area (Å²) in [5, 5.41) is 20.0. The fourth-order valence-corrected chi connectivity index (χ4v) is 11.4. The Balaban J connectivity index is 1.32. The summed E-state index contributed by atoms with van der Waals surface area (Å²) in [7, 11) is 0. The Labute approximate surface area is 354 Å². The lowest BCUT2D eigenvalue weighted by Crippen LogP contribution is -1.96. The molecule has 0 saturated carbocycles. The van der Waals surface area contributed by atoms with E-state index in [0.29, 0.717) is 11.1 Å². The van der Waals surface area contributed by atoms with Gasteiger partial charge in [0.2, 0.25) is 0 Å². The van der Waals surface area contributed by atoms with Crippen molar-refractivity contribution >= 4 is 97.0 Å². The molecule has 0 nitrogen and oxygen atoms in total. The van der Waals surface area contributed by atoms with Crippen LogP contribution in [0.4, 0.5) is 8.78 Å². The molecule has 0 amide bonds. The van der Waals surface area contributed by atoms with Gasteiger partial charge in [0.15, 0.2) is 11.6 Å². The molecule has 62 heavy (non-hydrogen) atoms. The Morgan fingerprint density at radius 2 is 0.629 bits per heavy atom. The van der Waals surface area contributed by atoms with Gasteiger partial charge in [0.25, 0.3) is 0 Å². The number of fused-ring (bicyclic) bond motifs is 8. The van der Waals surface area contributed by atoms with Crippen LogP contribution in [0.3, 0.4) is 0 Å². The van der Waals surface area contributed by atoms with Crippen LogP contribution in [0.5, 0.6) is 0 Å². The summed E-state index contributed by atoms with van der Waals surface area (Å²) >= 11 is 0. The second-order valence-corrected chi connectivity index (χ2v) is 16.8. The molecule has 14 rings (SSSR count). The predicted octanol–water partition coefficient (Wildman–Crippen LogP) is 17.3. The van der Waals surface area contributed by atoms with E-state index >= 15 is 8.78 Å². The highest BCUT2D eigenvalue weighted by Crippen LogP contribution is 2.57. The summed E-state index contributed by atoms with van der Waals surface area (Å²) in [5.41, 5.74) is 6.40. The van der Waals surface area contributed by atoms with Crippen molar-refractivity contribution < 1.29 is 8.78 Å². The van der Waals surface area contributed by atoms with E-state index in [4.69, 9.17) is 0 Å². The van der Waals surface area contributed by atoms with Crippen molar-refractivity contribution in [3.05, 3.63) is 206 Å². The lowest BCUT2D eigenvalue weighted by Gasteiger charge is -2.19. The molecule has 0 aliphatic rings. The fraction of sp³-hybridized carbons (Fsp3) is 0. The van der Waals surface area contributed by atoms with E-state index in [0.717, 1.165) is 59.8 Å². The van der Waals surface area contributed by atoms with Crippen LogP contribution in [0, 0.1) is 11.6 Å². The molecule has 0 unspecified atom stereocenters. The van der Waals surface area contributed by atoms with Crippen LogP contribution in [0.1, 0.15) is 0 Å². The third kappa shape index (κ3) is 4.28. The van der Waals surface area contributed by atoms with E-state index in [1.807, 2.05) is 60.7 Å². The van der Waals surface area contributed by atoms with Crippen LogP contribution in [-0.4, -0.2) is 0 Å². The van der Waals surface area contributed by atoms with Crippen molar-refractivity contribution in [2.75, 3.05) is 0 Å².